The number of hydrogen-bond donors (Lipinski definition) is 0. The second-order valence-electron chi connectivity index (χ2n) is 4.67. The molecule has 1 aromatic carbocycles. The van der Waals surface area contributed by atoms with Gasteiger partial charge in [0.2, 0.25) is 0 Å². The SMILES string of the molecule is CCOC(=O)C(=O)c1ccc(C2CCSCC2)c(Cl)c1. The van der Waals surface area contributed by atoms with Crippen molar-refractivity contribution < 1.29 is 14.3 Å². The standard InChI is InChI=1S/C15H17ClO3S/c1-2-19-15(18)14(17)11-3-4-12(13(16)9-11)10-5-7-20-8-6-10/h3-4,9-10H,2,5-8H2,1H3. The van der Waals surface area contributed by atoms with Crippen molar-refractivity contribution in [3.63, 3.8) is 0 Å². The number of ketones is 1. The first kappa shape index (κ1) is 15.4. The van der Waals surface area contributed by atoms with Gasteiger partial charge >= 0.3 is 5.97 Å². The summed E-state index contributed by atoms with van der Waals surface area (Å²) in [5.41, 5.74) is 1.37. The molecule has 0 spiro atoms. The molecule has 0 N–H and O–H groups in total. The molecule has 1 fully saturated rings. The predicted molar refractivity (Wildman–Crippen MR) is 81.7 cm³/mol. The zero-order valence-corrected chi connectivity index (χ0v) is 12.9. The number of ether oxygens (including phenoxy) is 1. The molecule has 0 bridgehead atoms. The Hall–Kier alpha value is -1.000. The highest BCUT2D eigenvalue weighted by molar-refractivity contribution is 7.99. The zero-order valence-electron chi connectivity index (χ0n) is 11.4. The average molecular weight is 313 g/mol. The average Bonchev–Trinajstić information content (AvgIpc) is 2.47. The van der Waals surface area contributed by atoms with E-state index in [1.54, 1.807) is 19.1 Å². The van der Waals surface area contributed by atoms with Gasteiger partial charge in [0, 0.05) is 10.6 Å². The van der Waals surface area contributed by atoms with E-state index in [4.69, 9.17) is 16.3 Å². The molecule has 3 nitrogen and oxygen atoms in total. The lowest BCUT2D eigenvalue weighted by Gasteiger charge is -2.22. The largest absolute Gasteiger partial charge is 0.460 e. The van der Waals surface area contributed by atoms with Crippen LogP contribution in [-0.4, -0.2) is 29.9 Å². The first-order valence-electron chi connectivity index (χ1n) is 6.72. The first-order chi connectivity index (χ1) is 9.63. The lowest BCUT2D eigenvalue weighted by atomic mass is 9.92. The maximum atomic E-state index is 11.8. The molecule has 0 saturated carbocycles. The van der Waals surface area contributed by atoms with Crippen LogP contribution < -0.4 is 0 Å². The molecule has 0 radical (unpaired) electrons. The Morgan fingerprint density at radius 2 is 2.05 bits per heavy atom. The molecule has 2 rings (SSSR count). The van der Waals surface area contributed by atoms with Crippen LogP contribution in [0, 0.1) is 0 Å². The van der Waals surface area contributed by atoms with Crippen LogP contribution in [0.3, 0.4) is 0 Å². The summed E-state index contributed by atoms with van der Waals surface area (Å²) in [4.78, 5) is 23.3. The molecule has 1 heterocycles. The minimum atomic E-state index is -0.828. The van der Waals surface area contributed by atoms with Crippen molar-refractivity contribution in [3.05, 3.63) is 34.3 Å². The number of carbonyl (C=O) groups is 2. The van der Waals surface area contributed by atoms with E-state index in [-0.39, 0.29) is 6.61 Å². The monoisotopic (exact) mass is 312 g/mol. The Labute approximate surface area is 128 Å². The summed E-state index contributed by atoms with van der Waals surface area (Å²) in [6, 6.07) is 5.12. The molecule has 0 aromatic heterocycles. The van der Waals surface area contributed by atoms with Crippen LogP contribution in [0.5, 0.6) is 0 Å². The first-order valence-corrected chi connectivity index (χ1v) is 8.25. The molecule has 0 unspecified atom stereocenters. The molecule has 1 aliphatic rings. The van der Waals surface area contributed by atoms with Gasteiger partial charge < -0.3 is 4.74 Å². The summed E-state index contributed by atoms with van der Waals surface area (Å²) in [6.45, 7) is 1.86. The smallest absolute Gasteiger partial charge is 0.379 e. The van der Waals surface area contributed by atoms with Crippen LogP contribution in [0.4, 0.5) is 0 Å². The normalized spacial score (nSPS) is 15.9. The lowest BCUT2D eigenvalue weighted by Crippen LogP contribution is -2.17. The summed E-state index contributed by atoms with van der Waals surface area (Å²) < 4.78 is 4.71. The summed E-state index contributed by atoms with van der Waals surface area (Å²) in [5.74, 6) is 1.27. The highest BCUT2D eigenvalue weighted by Crippen LogP contribution is 2.35. The second-order valence-corrected chi connectivity index (χ2v) is 6.30. The van der Waals surface area contributed by atoms with E-state index in [1.807, 2.05) is 17.8 Å². The number of carbonyl (C=O) groups excluding carboxylic acids is 2. The van der Waals surface area contributed by atoms with Crippen molar-refractivity contribution in [2.75, 3.05) is 18.1 Å². The molecule has 20 heavy (non-hydrogen) atoms. The molecule has 108 valence electrons. The molecular weight excluding hydrogens is 296 g/mol. The zero-order chi connectivity index (χ0) is 14.5. The lowest BCUT2D eigenvalue weighted by molar-refractivity contribution is -0.137. The Balaban J connectivity index is 2.16. The van der Waals surface area contributed by atoms with Gasteiger partial charge in [0.25, 0.3) is 5.78 Å². The van der Waals surface area contributed by atoms with Gasteiger partial charge in [0.15, 0.2) is 0 Å². The fourth-order valence-corrected chi connectivity index (χ4v) is 3.76. The topological polar surface area (TPSA) is 43.4 Å². The van der Waals surface area contributed by atoms with Gasteiger partial charge in [-0.2, -0.15) is 11.8 Å². The van der Waals surface area contributed by atoms with Gasteiger partial charge in [-0.25, -0.2) is 4.79 Å². The molecule has 5 heteroatoms. The Kier molecular flexibility index (Phi) is 5.49. The van der Waals surface area contributed by atoms with Crippen molar-refractivity contribution in [2.24, 2.45) is 0 Å². The van der Waals surface area contributed by atoms with Crippen LogP contribution >= 0.6 is 23.4 Å². The summed E-state index contributed by atoms with van der Waals surface area (Å²) in [5, 5.41) is 0.567. The fraction of sp³-hybridized carbons (Fsp3) is 0.467. The Morgan fingerprint density at radius 1 is 1.35 bits per heavy atom. The van der Waals surface area contributed by atoms with Crippen molar-refractivity contribution in [1.29, 1.82) is 0 Å². The van der Waals surface area contributed by atoms with Crippen LogP contribution in [0.25, 0.3) is 0 Å². The number of benzene rings is 1. The van der Waals surface area contributed by atoms with Gasteiger partial charge in [0.05, 0.1) is 6.61 Å². The maximum absolute atomic E-state index is 11.8. The quantitative estimate of drug-likeness (QED) is 0.483. The van der Waals surface area contributed by atoms with Crippen LogP contribution in [-0.2, 0) is 9.53 Å². The number of Topliss-reactive ketones (excluding diaryl/α,β-unsaturated/α-hetero) is 1. The van der Waals surface area contributed by atoms with E-state index in [1.165, 1.54) is 0 Å². The van der Waals surface area contributed by atoms with E-state index in [0.29, 0.717) is 16.5 Å². The Morgan fingerprint density at radius 3 is 2.65 bits per heavy atom. The molecule has 1 aromatic rings. The fourth-order valence-electron chi connectivity index (χ4n) is 2.32. The summed E-state index contributed by atoms with van der Waals surface area (Å²) >= 11 is 8.24. The van der Waals surface area contributed by atoms with Gasteiger partial charge in [-0.3, -0.25) is 4.79 Å². The molecular formula is C15H17ClO3S. The van der Waals surface area contributed by atoms with Crippen molar-refractivity contribution in [1.82, 2.24) is 0 Å². The number of thioether (sulfide) groups is 1. The van der Waals surface area contributed by atoms with Gasteiger partial charge in [-0.05, 0) is 48.8 Å². The third-order valence-corrected chi connectivity index (χ3v) is 4.76. The summed E-state index contributed by atoms with van der Waals surface area (Å²) in [6.07, 6.45) is 2.21. The number of rotatable bonds is 4. The highest BCUT2D eigenvalue weighted by atomic mass is 35.5. The predicted octanol–water partition coefficient (Wildman–Crippen LogP) is 3.70. The molecule has 0 aliphatic carbocycles. The third-order valence-electron chi connectivity index (χ3n) is 3.38. The van der Waals surface area contributed by atoms with Crippen molar-refractivity contribution in [2.45, 2.75) is 25.7 Å². The van der Waals surface area contributed by atoms with Crippen LogP contribution in [0.1, 0.15) is 41.6 Å². The van der Waals surface area contributed by atoms with E-state index in [9.17, 15) is 9.59 Å². The van der Waals surface area contributed by atoms with Gasteiger partial charge in [-0.15, -0.1) is 0 Å². The van der Waals surface area contributed by atoms with Crippen LogP contribution in [0.15, 0.2) is 18.2 Å². The molecule has 0 atom stereocenters. The van der Waals surface area contributed by atoms with E-state index in [2.05, 4.69) is 0 Å². The maximum Gasteiger partial charge on any atom is 0.379 e. The number of esters is 1. The van der Waals surface area contributed by atoms with E-state index in [0.717, 1.165) is 29.9 Å². The highest BCUT2D eigenvalue weighted by Gasteiger charge is 2.22. The number of hydrogen-bond acceptors (Lipinski definition) is 4. The van der Waals surface area contributed by atoms with Gasteiger partial charge in [-0.1, -0.05) is 23.7 Å². The van der Waals surface area contributed by atoms with E-state index < -0.39 is 11.8 Å². The Bertz CT molecular complexity index is 510. The van der Waals surface area contributed by atoms with E-state index >= 15 is 0 Å². The van der Waals surface area contributed by atoms with Crippen LogP contribution in [0.2, 0.25) is 5.02 Å². The minimum Gasteiger partial charge on any atom is -0.460 e. The summed E-state index contributed by atoms with van der Waals surface area (Å²) in [7, 11) is 0. The third kappa shape index (κ3) is 3.55. The molecule has 1 aliphatic heterocycles. The molecule has 0 amide bonds. The van der Waals surface area contributed by atoms with Crippen molar-refractivity contribution >= 4 is 35.1 Å². The number of halogens is 1. The second kappa shape index (κ2) is 7.14. The van der Waals surface area contributed by atoms with Crippen molar-refractivity contribution in [3.8, 4) is 0 Å². The minimum absolute atomic E-state index is 0.191. The van der Waals surface area contributed by atoms with Gasteiger partial charge in [0.1, 0.15) is 0 Å². The molecule has 1 saturated heterocycles.